The second-order valence-electron chi connectivity index (χ2n) is 8.59. The Morgan fingerprint density at radius 3 is 1.20 bits per heavy atom. The third kappa shape index (κ3) is 17.0. The average molecular weight is 602 g/mol. The summed E-state index contributed by atoms with van der Waals surface area (Å²) >= 11 is 0. The number of nitrogens with one attached hydrogen (secondary N) is 2. The van der Waals surface area contributed by atoms with Gasteiger partial charge in [0.15, 0.2) is 0 Å². The standard InChI is InChI=1S/2C10H10F2NO.2C6H7.Ti/c2*1-2-3-10(14)13-9-5-4-7(11)6-8(9)12;2*1-6-4-2-3-5-6;/h2*4-5H,2-3H2,1H3,(H,13,14);2*2-5H,1H3;/q4*-1;+4. The van der Waals surface area contributed by atoms with Gasteiger partial charge in [-0.05, 0) is 24.2 Å². The minimum atomic E-state index is -0.880. The van der Waals surface area contributed by atoms with Gasteiger partial charge in [0.2, 0.25) is 11.8 Å². The van der Waals surface area contributed by atoms with E-state index in [2.05, 4.69) is 48.7 Å². The van der Waals surface area contributed by atoms with Crippen molar-refractivity contribution in [2.24, 2.45) is 0 Å². The van der Waals surface area contributed by atoms with Crippen LogP contribution in [0, 0.1) is 49.2 Å². The minimum Gasteiger partial charge on any atom is -0.377 e. The van der Waals surface area contributed by atoms with Gasteiger partial charge in [-0.15, -0.1) is 36.4 Å². The Kier molecular flexibility index (Phi) is 19.5. The number of aryl methyl sites for hydroxylation is 2. The Bertz CT molecular complexity index is 1180. The molecule has 0 bridgehead atoms. The Balaban J connectivity index is 0.000000552. The van der Waals surface area contributed by atoms with E-state index >= 15 is 0 Å². The largest absolute Gasteiger partial charge is 4.00 e. The van der Waals surface area contributed by atoms with Crippen LogP contribution in [-0.2, 0) is 31.3 Å². The third-order valence-corrected chi connectivity index (χ3v) is 4.88. The molecule has 0 aromatic heterocycles. The van der Waals surface area contributed by atoms with Crippen LogP contribution in [0.3, 0.4) is 0 Å². The number of carbonyl (C=O) groups excluding carboxylic acids is 2. The van der Waals surface area contributed by atoms with Gasteiger partial charge in [-0.3, -0.25) is 9.59 Å². The molecule has 0 unspecified atom stereocenters. The molecule has 0 saturated carbocycles. The van der Waals surface area contributed by atoms with Crippen molar-refractivity contribution in [1.29, 1.82) is 0 Å². The maximum Gasteiger partial charge on any atom is 4.00 e. The molecule has 0 fully saturated rings. The van der Waals surface area contributed by atoms with Gasteiger partial charge in [-0.1, -0.05) is 27.7 Å². The molecule has 9 heteroatoms. The number of benzene rings is 2. The van der Waals surface area contributed by atoms with Crippen molar-refractivity contribution in [3.8, 4) is 0 Å². The zero-order valence-corrected chi connectivity index (χ0v) is 25.1. The zero-order valence-electron chi connectivity index (χ0n) is 23.6. The van der Waals surface area contributed by atoms with Gasteiger partial charge in [0.05, 0.1) is 0 Å². The summed E-state index contributed by atoms with van der Waals surface area (Å²) in [5.41, 5.74) is 2.61. The summed E-state index contributed by atoms with van der Waals surface area (Å²) in [5.74, 6) is -3.89. The molecular formula is C32H34F4N2O2Ti. The van der Waals surface area contributed by atoms with Gasteiger partial charge in [-0.25, -0.2) is 41.8 Å². The van der Waals surface area contributed by atoms with E-state index in [1.807, 2.05) is 50.2 Å². The fraction of sp³-hybridized carbons (Fsp3) is 0.250. The maximum atomic E-state index is 12.9. The van der Waals surface area contributed by atoms with Gasteiger partial charge in [0.1, 0.15) is 0 Å². The summed E-state index contributed by atoms with van der Waals surface area (Å²) < 4.78 is 50.7. The molecule has 2 amide bonds. The van der Waals surface area contributed by atoms with E-state index in [0.29, 0.717) is 25.7 Å². The first-order valence-corrected chi connectivity index (χ1v) is 12.8. The molecule has 0 heterocycles. The molecule has 41 heavy (non-hydrogen) atoms. The van der Waals surface area contributed by atoms with Crippen LogP contribution in [0.15, 0.2) is 72.8 Å². The Hall–Kier alpha value is -3.49. The Morgan fingerprint density at radius 1 is 0.659 bits per heavy atom. The second kappa shape index (κ2) is 21.3. The first kappa shape index (κ1) is 37.5. The quantitative estimate of drug-likeness (QED) is 0.132. The fourth-order valence-electron chi connectivity index (χ4n) is 2.90. The van der Waals surface area contributed by atoms with Crippen LogP contribution in [0.25, 0.3) is 0 Å². The summed E-state index contributed by atoms with van der Waals surface area (Å²) in [6.45, 7) is 7.85. The van der Waals surface area contributed by atoms with E-state index < -0.39 is 23.3 Å². The third-order valence-electron chi connectivity index (χ3n) is 4.88. The maximum absolute atomic E-state index is 12.9. The van der Waals surface area contributed by atoms with E-state index in [1.54, 1.807) is 0 Å². The van der Waals surface area contributed by atoms with Crippen molar-refractivity contribution >= 4 is 23.2 Å². The SMILES string of the molecule is CCCC(=O)Nc1ccc(F)[c-]c1F.CCCC(=O)Nc1ccc(F)[c-]c1F.C[c-]1cccc1.C[c-]1cccc1.[Ti+4]. The van der Waals surface area contributed by atoms with Crippen LogP contribution >= 0.6 is 0 Å². The average Bonchev–Trinajstić information content (AvgIpc) is 3.58. The number of amides is 2. The van der Waals surface area contributed by atoms with Crippen LogP contribution in [-0.4, -0.2) is 11.8 Å². The second-order valence-corrected chi connectivity index (χ2v) is 8.59. The van der Waals surface area contributed by atoms with E-state index in [-0.39, 0.29) is 44.9 Å². The van der Waals surface area contributed by atoms with Gasteiger partial charge in [-0.2, -0.15) is 35.4 Å². The number of anilines is 2. The van der Waals surface area contributed by atoms with E-state index in [4.69, 9.17) is 0 Å². The van der Waals surface area contributed by atoms with Crippen molar-refractivity contribution in [2.45, 2.75) is 53.4 Å². The summed E-state index contributed by atoms with van der Waals surface area (Å²) in [6, 6.07) is 24.6. The van der Waals surface area contributed by atoms with Crippen LogP contribution < -0.4 is 10.6 Å². The normalized spacial score (nSPS) is 9.37. The Morgan fingerprint density at radius 2 is 0.976 bits per heavy atom. The number of rotatable bonds is 6. The van der Waals surface area contributed by atoms with Gasteiger partial charge < -0.3 is 10.6 Å². The van der Waals surface area contributed by atoms with E-state index in [0.717, 1.165) is 12.1 Å². The van der Waals surface area contributed by atoms with Crippen molar-refractivity contribution in [3.63, 3.8) is 0 Å². The topological polar surface area (TPSA) is 58.2 Å². The summed E-state index contributed by atoms with van der Waals surface area (Å²) in [6.07, 6.45) is 1.99. The van der Waals surface area contributed by atoms with Crippen LogP contribution in [0.5, 0.6) is 0 Å². The van der Waals surface area contributed by atoms with Crippen LogP contribution in [0.1, 0.15) is 50.7 Å². The molecule has 4 aromatic carbocycles. The molecule has 0 radical (unpaired) electrons. The first-order chi connectivity index (χ1) is 19.0. The fourth-order valence-corrected chi connectivity index (χ4v) is 2.90. The van der Waals surface area contributed by atoms with Gasteiger partial charge in [0, 0.05) is 36.1 Å². The minimum absolute atomic E-state index is 0. The van der Waals surface area contributed by atoms with Crippen molar-refractivity contribution in [3.05, 3.63) is 119 Å². The Labute approximate surface area is 254 Å². The predicted octanol–water partition coefficient (Wildman–Crippen LogP) is 8.43. The summed E-state index contributed by atoms with van der Waals surface area (Å²) in [4.78, 5) is 22.1. The number of hydrogen-bond acceptors (Lipinski definition) is 2. The summed E-state index contributed by atoms with van der Waals surface area (Å²) in [5, 5.41) is 4.65. The van der Waals surface area contributed by atoms with Crippen molar-refractivity contribution < 1.29 is 48.9 Å². The van der Waals surface area contributed by atoms with Crippen LogP contribution in [0.4, 0.5) is 28.9 Å². The molecule has 0 aliphatic heterocycles. The molecule has 4 rings (SSSR count). The zero-order chi connectivity index (χ0) is 29.9. The molecule has 4 nitrogen and oxygen atoms in total. The van der Waals surface area contributed by atoms with Crippen molar-refractivity contribution in [2.75, 3.05) is 10.6 Å². The molecule has 0 atom stereocenters. The van der Waals surface area contributed by atoms with Crippen LogP contribution in [0.2, 0.25) is 0 Å². The predicted molar refractivity (Wildman–Crippen MR) is 151 cm³/mol. The number of hydrogen-bond donors (Lipinski definition) is 2. The molecule has 4 aromatic rings. The van der Waals surface area contributed by atoms with Gasteiger partial charge >= 0.3 is 21.7 Å². The smallest absolute Gasteiger partial charge is 0.377 e. The molecule has 0 aliphatic carbocycles. The number of halogens is 4. The van der Waals surface area contributed by atoms with Gasteiger partial charge in [0.25, 0.3) is 0 Å². The van der Waals surface area contributed by atoms with Crippen molar-refractivity contribution in [1.82, 2.24) is 0 Å². The van der Waals surface area contributed by atoms with E-state index in [9.17, 15) is 27.2 Å². The summed E-state index contributed by atoms with van der Waals surface area (Å²) in [7, 11) is 0. The monoisotopic (exact) mass is 602 g/mol. The molecular weight excluding hydrogens is 568 g/mol. The molecule has 0 spiro atoms. The molecule has 0 aliphatic rings. The number of carbonyl (C=O) groups is 2. The molecule has 0 saturated heterocycles. The molecule has 216 valence electrons. The first-order valence-electron chi connectivity index (χ1n) is 12.8. The van der Waals surface area contributed by atoms with E-state index in [1.165, 1.54) is 23.3 Å². The molecule has 2 N–H and O–H groups in total.